The molecule has 0 radical (unpaired) electrons. The lowest BCUT2D eigenvalue weighted by Gasteiger charge is -2.22. The van der Waals surface area contributed by atoms with E-state index < -0.39 is 36.3 Å². The van der Waals surface area contributed by atoms with Gasteiger partial charge in [-0.05, 0) is 42.2 Å². The third kappa shape index (κ3) is 7.06. The van der Waals surface area contributed by atoms with Crippen LogP contribution in [-0.2, 0) is 11.2 Å². The molecule has 1 amide bonds. The fourth-order valence-corrected chi connectivity index (χ4v) is 3.72. The summed E-state index contributed by atoms with van der Waals surface area (Å²) in [6.45, 7) is -0.512. The minimum Gasteiger partial charge on any atom is -0.481 e. The van der Waals surface area contributed by atoms with Crippen molar-refractivity contribution >= 4 is 23.5 Å². The van der Waals surface area contributed by atoms with Crippen LogP contribution in [0.4, 0.5) is 8.78 Å². The fourth-order valence-electron chi connectivity index (χ4n) is 3.55. The molecule has 0 aliphatic rings. The monoisotopic (exact) mass is 491 g/mol. The maximum absolute atomic E-state index is 14.2. The van der Waals surface area contributed by atoms with Crippen molar-refractivity contribution < 1.29 is 23.5 Å². The van der Waals surface area contributed by atoms with Crippen LogP contribution in [-0.4, -0.2) is 58.2 Å². The zero-order valence-electron chi connectivity index (χ0n) is 18.1. The van der Waals surface area contributed by atoms with Crippen LogP contribution in [0.15, 0.2) is 48.7 Å². The molecule has 11 heteroatoms. The summed E-state index contributed by atoms with van der Waals surface area (Å²) in [6.07, 6.45) is 1.68. The van der Waals surface area contributed by atoms with Gasteiger partial charge in [0.25, 0.3) is 5.91 Å². The van der Waals surface area contributed by atoms with E-state index in [0.29, 0.717) is 22.6 Å². The predicted octanol–water partition coefficient (Wildman–Crippen LogP) is 3.26. The molecule has 0 aliphatic carbocycles. The number of nitrogens with one attached hydrogen (secondary N) is 3. The molecule has 0 saturated carbocycles. The SMILES string of the molecule is O=C(NC(Cc1ccc(-c2cc(Cl)ccc2F)cc1)CC(CNCCF)C(=O)O)c1cn[nH]n1. The molecule has 1 aromatic heterocycles. The number of alkyl halides is 1. The van der Waals surface area contributed by atoms with Crippen molar-refractivity contribution in [2.75, 3.05) is 19.8 Å². The van der Waals surface area contributed by atoms with Gasteiger partial charge in [-0.15, -0.1) is 0 Å². The molecular formula is C23H24ClF2N5O3. The Morgan fingerprint density at radius 2 is 1.94 bits per heavy atom. The molecule has 0 spiro atoms. The van der Waals surface area contributed by atoms with Gasteiger partial charge >= 0.3 is 5.97 Å². The summed E-state index contributed by atoms with van der Waals surface area (Å²) in [6, 6.07) is 10.8. The summed E-state index contributed by atoms with van der Waals surface area (Å²) < 4.78 is 26.6. The summed E-state index contributed by atoms with van der Waals surface area (Å²) >= 11 is 5.98. The van der Waals surface area contributed by atoms with Crippen molar-refractivity contribution in [3.63, 3.8) is 0 Å². The van der Waals surface area contributed by atoms with Crippen LogP contribution in [0.1, 0.15) is 22.5 Å². The van der Waals surface area contributed by atoms with Crippen molar-refractivity contribution in [2.45, 2.75) is 18.9 Å². The summed E-state index contributed by atoms with van der Waals surface area (Å²) in [5, 5.41) is 25.3. The number of rotatable bonds is 12. The first-order chi connectivity index (χ1) is 16.4. The summed E-state index contributed by atoms with van der Waals surface area (Å²) in [5.41, 5.74) is 1.86. The molecule has 2 aromatic carbocycles. The lowest BCUT2D eigenvalue weighted by Crippen LogP contribution is -2.41. The normalized spacial score (nSPS) is 12.8. The first-order valence-corrected chi connectivity index (χ1v) is 11.0. The summed E-state index contributed by atoms with van der Waals surface area (Å²) in [4.78, 5) is 24.3. The number of aromatic amines is 1. The summed E-state index contributed by atoms with van der Waals surface area (Å²) in [7, 11) is 0. The molecule has 8 nitrogen and oxygen atoms in total. The van der Waals surface area contributed by atoms with E-state index in [-0.39, 0.29) is 25.2 Å². The number of hydrogen-bond acceptors (Lipinski definition) is 5. The second kappa shape index (κ2) is 12.2. The van der Waals surface area contributed by atoms with E-state index in [1.54, 1.807) is 24.3 Å². The highest BCUT2D eigenvalue weighted by Gasteiger charge is 2.25. The number of halogens is 3. The van der Waals surface area contributed by atoms with E-state index in [2.05, 4.69) is 26.0 Å². The fraction of sp³-hybridized carbons (Fsp3) is 0.304. The minimum absolute atomic E-state index is 0.0429. The predicted molar refractivity (Wildman–Crippen MR) is 123 cm³/mol. The van der Waals surface area contributed by atoms with E-state index in [0.717, 1.165) is 5.56 Å². The van der Waals surface area contributed by atoms with Crippen LogP contribution >= 0.6 is 11.6 Å². The number of nitrogens with zero attached hydrogens (tertiary/aromatic N) is 2. The van der Waals surface area contributed by atoms with Gasteiger partial charge in [0.05, 0.1) is 12.1 Å². The van der Waals surface area contributed by atoms with Gasteiger partial charge in [-0.25, -0.2) is 8.78 Å². The number of hydrogen-bond donors (Lipinski definition) is 4. The van der Waals surface area contributed by atoms with E-state index in [4.69, 9.17) is 11.6 Å². The number of aromatic nitrogens is 3. The molecule has 2 unspecified atom stereocenters. The van der Waals surface area contributed by atoms with E-state index in [9.17, 15) is 23.5 Å². The molecule has 3 aromatic rings. The van der Waals surface area contributed by atoms with Gasteiger partial charge < -0.3 is 15.7 Å². The summed E-state index contributed by atoms with van der Waals surface area (Å²) in [5.74, 6) is -2.81. The van der Waals surface area contributed by atoms with Crippen LogP contribution in [0, 0.1) is 11.7 Å². The Morgan fingerprint density at radius 1 is 1.18 bits per heavy atom. The van der Waals surface area contributed by atoms with E-state index in [1.165, 1.54) is 24.4 Å². The zero-order valence-corrected chi connectivity index (χ0v) is 18.9. The Kier molecular flexibility index (Phi) is 9.06. The number of carboxylic acids is 1. The number of benzene rings is 2. The standard InChI is InChI=1S/C23H24ClF2N5O3/c24-17-5-6-20(26)19(11-17)15-3-1-14(2-4-15)9-18(29-22(32)21-13-28-31-30-21)10-16(23(33)34)12-27-8-7-25/h1-6,11,13,16,18,27H,7-10,12H2,(H,29,32)(H,33,34)(H,28,30,31). The molecule has 3 rings (SSSR count). The molecule has 0 aliphatic heterocycles. The van der Waals surface area contributed by atoms with Gasteiger partial charge in [0.2, 0.25) is 0 Å². The van der Waals surface area contributed by atoms with Gasteiger partial charge in [0, 0.05) is 29.7 Å². The third-order valence-corrected chi connectivity index (χ3v) is 5.47. The molecular weight excluding hydrogens is 468 g/mol. The topological polar surface area (TPSA) is 120 Å². The van der Waals surface area contributed by atoms with Crippen LogP contribution in [0.2, 0.25) is 5.02 Å². The molecule has 0 bridgehead atoms. The maximum atomic E-state index is 14.2. The van der Waals surface area contributed by atoms with Crippen LogP contribution < -0.4 is 10.6 Å². The number of aliphatic carboxylic acids is 1. The third-order valence-electron chi connectivity index (χ3n) is 5.24. The highest BCUT2D eigenvalue weighted by Crippen LogP contribution is 2.26. The maximum Gasteiger partial charge on any atom is 0.307 e. The Labute approximate surface area is 199 Å². The van der Waals surface area contributed by atoms with Gasteiger partial charge in [-0.3, -0.25) is 9.59 Å². The van der Waals surface area contributed by atoms with Gasteiger partial charge in [-0.2, -0.15) is 15.4 Å². The lowest BCUT2D eigenvalue weighted by atomic mass is 9.93. The highest BCUT2D eigenvalue weighted by molar-refractivity contribution is 6.30. The highest BCUT2D eigenvalue weighted by atomic mass is 35.5. The average molecular weight is 492 g/mol. The van der Waals surface area contributed by atoms with Gasteiger partial charge in [0.1, 0.15) is 12.5 Å². The number of carbonyl (C=O) groups is 2. The first kappa shape index (κ1) is 25.3. The van der Waals surface area contributed by atoms with Gasteiger partial charge in [0.15, 0.2) is 5.69 Å². The van der Waals surface area contributed by atoms with Crippen molar-refractivity contribution in [3.05, 3.63) is 70.8 Å². The largest absolute Gasteiger partial charge is 0.481 e. The van der Waals surface area contributed by atoms with Gasteiger partial charge in [-0.1, -0.05) is 35.9 Å². The first-order valence-electron chi connectivity index (χ1n) is 10.6. The van der Waals surface area contributed by atoms with E-state index >= 15 is 0 Å². The van der Waals surface area contributed by atoms with E-state index in [1.807, 2.05) is 0 Å². The Bertz CT molecular complexity index is 1100. The number of amides is 1. The second-order valence-electron chi connectivity index (χ2n) is 7.71. The van der Waals surface area contributed by atoms with Crippen molar-refractivity contribution in [1.82, 2.24) is 26.0 Å². The van der Waals surface area contributed by atoms with Crippen molar-refractivity contribution in [3.8, 4) is 11.1 Å². The Morgan fingerprint density at radius 3 is 2.59 bits per heavy atom. The Hall–Kier alpha value is -3.37. The quantitative estimate of drug-likeness (QED) is 0.289. The van der Waals surface area contributed by atoms with Crippen LogP contribution in [0.25, 0.3) is 11.1 Å². The van der Waals surface area contributed by atoms with Crippen LogP contribution in [0.3, 0.4) is 0 Å². The molecule has 0 saturated heterocycles. The molecule has 1 heterocycles. The minimum atomic E-state index is -1.06. The zero-order chi connectivity index (χ0) is 24.5. The number of H-pyrrole nitrogens is 1. The number of carbonyl (C=O) groups excluding carboxylic acids is 1. The lowest BCUT2D eigenvalue weighted by molar-refractivity contribution is -0.142. The molecule has 4 N–H and O–H groups in total. The molecule has 180 valence electrons. The van der Waals surface area contributed by atoms with Crippen LogP contribution in [0.5, 0.6) is 0 Å². The average Bonchev–Trinajstić information content (AvgIpc) is 3.36. The molecule has 34 heavy (non-hydrogen) atoms. The second-order valence-corrected chi connectivity index (χ2v) is 8.15. The smallest absolute Gasteiger partial charge is 0.307 e. The van der Waals surface area contributed by atoms with Crippen molar-refractivity contribution in [2.24, 2.45) is 5.92 Å². The molecule has 0 fully saturated rings. The number of carboxylic acid groups (broad SMARTS) is 1. The Balaban J connectivity index is 1.77. The van der Waals surface area contributed by atoms with Crippen molar-refractivity contribution in [1.29, 1.82) is 0 Å². The molecule has 2 atom stereocenters.